The number of anilines is 1. The van der Waals surface area contributed by atoms with Gasteiger partial charge >= 0.3 is 5.97 Å². The number of nitrogens with zero attached hydrogens (tertiary/aromatic N) is 2. The Labute approximate surface area is 150 Å². The van der Waals surface area contributed by atoms with E-state index in [-0.39, 0.29) is 21.3 Å². The van der Waals surface area contributed by atoms with E-state index in [0.717, 1.165) is 19.3 Å². The minimum atomic E-state index is -3.92. The van der Waals surface area contributed by atoms with Crippen molar-refractivity contribution in [1.29, 1.82) is 0 Å². The van der Waals surface area contributed by atoms with Gasteiger partial charge in [-0.1, -0.05) is 18.0 Å². The van der Waals surface area contributed by atoms with Crippen molar-refractivity contribution in [2.45, 2.75) is 37.5 Å². The van der Waals surface area contributed by atoms with Crippen LogP contribution in [0.2, 0.25) is 5.02 Å². The summed E-state index contributed by atoms with van der Waals surface area (Å²) in [6.07, 6.45) is 3.37. The average molecular weight is 385 g/mol. The van der Waals surface area contributed by atoms with Gasteiger partial charge in [-0.15, -0.1) is 4.40 Å². The van der Waals surface area contributed by atoms with Crippen LogP contribution in [0, 0.1) is 0 Å². The second kappa shape index (κ2) is 6.76. The number of hydrogen-bond donors (Lipinski definition) is 0. The Balaban J connectivity index is 2.06. The van der Waals surface area contributed by atoms with E-state index >= 15 is 0 Å². The summed E-state index contributed by atoms with van der Waals surface area (Å²) in [5, 5.41) is 0.0769. The van der Waals surface area contributed by atoms with Gasteiger partial charge in [0.2, 0.25) is 0 Å². The van der Waals surface area contributed by atoms with Gasteiger partial charge in [0.05, 0.1) is 16.3 Å². The molecule has 1 aromatic carbocycles. The molecule has 0 saturated carbocycles. The maximum atomic E-state index is 12.5. The second-order valence-corrected chi connectivity index (χ2v) is 8.00. The van der Waals surface area contributed by atoms with Crippen LogP contribution in [-0.4, -0.2) is 39.2 Å². The SMILES string of the molecule is CC(=O)COC(=O)c1cc2c(cc1Cl)N1CCCCCC1=NS2(=O)=O. The monoisotopic (exact) mass is 384 g/mol. The van der Waals surface area contributed by atoms with Crippen molar-refractivity contribution in [3.05, 3.63) is 22.7 Å². The first-order chi connectivity index (χ1) is 11.8. The zero-order valence-electron chi connectivity index (χ0n) is 13.6. The van der Waals surface area contributed by atoms with E-state index in [1.807, 2.05) is 4.90 Å². The summed E-state index contributed by atoms with van der Waals surface area (Å²) in [5.74, 6) is -0.661. The average Bonchev–Trinajstić information content (AvgIpc) is 2.76. The Morgan fingerprint density at radius 1 is 1.28 bits per heavy atom. The molecular weight excluding hydrogens is 368 g/mol. The highest BCUT2D eigenvalue weighted by Crippen LogP contribution is 2.38. The lowest BCUT2D eigenvalue weighted by Crippen LogP contribution is -2.35. The van der Waals surface area contributed by atoms with Gasteiger partial charge in [0.15, 0.2) is 5.78 Å². The van der Waals surface area contributed by atoms with E-state index in [2.05, 4.69) is 4.40 Å². The number of hydrogen-bond acceptors (Lipinski definition) is 6. The first-order valence-corrected chi connectivity index (χ1v) is 9.73. The molecule has 134 valence electrons. The number of sulfonamides is 1. The van der Waals surface area contributed by atoms with Crippen LogP contribution in [0.4, 0.5) is 5.69 Å². The minimum absolute atomic E-state index is 0.0719. The molecule has 1 saturated heterocycles. The van der Waals surface area contributed by atoms with E-state index in [9.17, 15) is 18.0 Å². The van der Waals surface area contributed by atoms with Gasteiger partial charge in [-0.25, -0.2) is 4.79 Å². The van der Waals surface area contributed by atoms with Crippen molar-refractivity contribution < 1.29 is 22.7 Å². The number of rotatable bonds is 3. The quantitative estimate of drug-likeness (QED) is 0.743. The predicted molar refractivity (Wildman–Crippen MR) is 92.9 cm³/mol. The molecule has 0 aliphatic carbocycles. The number of Topliss-reactive ketones (excluding diaryl/α,β-unsaturated/α-hetero) is 1. The Morgan fingerprint density at radius 2 is 2.04 bits per heavy atom. The number of amidine groups is 1. The Bertz CT molecular complexity index is 879. The van der Waals surface area contributed by atoms with Gasteiger partial charge in [0.25, 0.3) is 10.0 Å². The van der Waals surface area contributed by atoms with E-state index < -0.39 is 22.6 Å². The van der Waals surface area contributed by atoms with Crippen LogP contribution < -0.4 is 4.90 Å². The molecule has 1 fully saturated rings. The standard InChI is InChI=1S/C16H17ClN2O5S/c1-10(20)9-24-16(21)11-7-14-13(8-12(11)17)19-6-4-2-3-5-15(19)18-25(14,22)23/h7-8H,2-6,9H2,1H3. The molecule has 9 heteroatoms. The highest BCUT2D eigenvalue weighted by molar-refractivity contribution is 7.90. The lowest BCUT2D eigenvalue weighted by molar-refractivity contribution is -0.120. The molecule has 0 spiro atoms. The number of carbonyl (C=O) groups excluding carboxylic acids is 2. The topological polar surface area (TPSA) is 93.1 Å². The van der Waals surface area contributed by atoms with Crippen LogP contribution in [0.25, 0.3) is 0 Å². The fraction of sp³-hybridized carbons (Fsp3) is 0.438. The molecule has 2 heterocycles. The molecule has 0 unspecified atom stereocenters. The van der Waals surface area contributed by atoms with Gasteiger partial charge in [-0.3, -0.25) is 4.79 Å². The van der Waals surface area contributed by atoms with E-state index in [4.69, 9.17) is 16.3 Å². The Kier molecular flexibility index (Phi) is 4.83. The molecule has 1 aromatic rings. The van der Waals surface area contributed by atoms with Gasteiger partial charge in [-0.2, -0.15) is 8.42 Å². The number of benzene rings is 1. The van der Waals surface area contributed by atoms with Crippen molar-refractivity contribution in [2.24, 2.45) is 4.40 Å². The molecule has 0 radical (unpaired) electrons. The molecule has 25 heavy (non-hydrogen) atoms. The van der Waals surface area contributed by atoms with Gasteiger partial charge in [0.1, 0.15) is 17.3 Å². The summed E-state index contributed by atoms with van der Waals surface area (Å²) in [5.41, 5.74) is 0.332. The highest BCUT2D eigenvalue weighted by atomic mass is 35.5. The van der Waals surface area contributed by atoms with Crippen molar-refractivity contribution in [3.8, 4) is 0 Å². The molecule has 0 N–H and O–H groups in total. The molecule has 0 aromatic heterocycles. The molecule has 2 aliphatic rings. The second-order valence-electron chi connectivity index (χ2n) is 6.02. The fourth-order valence-corrected chi connectivity index (χ4v) is 4.40. The Hall–Kier alpha value is -1.93. The maximum absolute atomic E-state index is 12.5. The van der Waals surface area contributed by atoms with Crippen LogP contribution >= 0.6 is 11.6 Å². The number of esters is 1. The number of fused-ring (bicyclic) bond motifs is 3. The van der Waals surface area contributed by atoms with Crippen molar-refractivity contribution in [3.63, 3.8) is 0 Å². The summed E-state index contributed by atoms with van der Waals surface area (Å²) in [6, 6.07) is 2.64. The first kappa shape index (κ1) is 17.9. The summed E-state index contributed by atoms with van der Waals surface area (Å²) >= 11 is 6.19. The maximum Gasteiger partial charge on any atom is 0.340 e. The largest absolute Gasteiger partial charge is 0.454 e. The van der Waals surface area contributed by atoms with Crippen LogP contribution in [0.5, 0.6) is 0 Å². The van der Waals surface area contributed by atoms with Crippen LogP contribution in [0.3, 0.4) is 0 Å². The van der Waals surface area contributed by atoms with Gasteiger partial charge < -0.3 is 9.64 Å². The van der Waals surface area contributed by atoms with Crippen molar-refractivity contribution in [2.75, 3.05) is 18.1 Å². The van der Waals surface area contributed by atoms with Crippen LogP contribution in [0.1, 0.15) is 43.0 Å². The van der Waals surface area contributed by atoms with Crippen LogP contribution in [-0.2, 0) is 19.6 Å². The van der Waals surface area contributed by atoms with Crippen molar-refractivity contribution in [1.82, 2.24) is 0 Å². The third kappa shape index (κ3) is 3.55. The first-order valence-electron chi connectivity index (χ1n) is 7.91. The molecule has 3 rings (SSSR count). The molecule has 0 atom stereocenters. The zero-order valence-corrected chi connectivity index (χ0v) is 15.2. The minimum Gasteiger partial charge on any atom is -0.454 e. The highest BCUT2D eigenvalue weighted by Gasteiger charge is 2.33. The summed E-state index contributed by atoms with van der Waals surface area (Å²) in [4.78, 5) is 24.8. The molecular formula is C16H17ClN2O5S. The number of ketones is 1. The number of carbonyl (C=O) groups is 2. The van der Waals surface area contributed by atoms with E-state index in [0.29, 0.717) is 24.5 Å². The van der Waals surface area contributed by atoms with Crippen LogP contribution in [0.15, 0.2) is 21.4 Å². The predicted octanol–water partition coefficient (Wildman–Crippen LogP) is 2.57. The lowest BCUT2D eigenvalue weighted by atomic mass is 10.1. The third-order valence-corrected chi connectivity index (χ3v) is 5.71. The summed E-state index contributed by atoms with van der Waals surface area (Å²) < 4.78 is 33.8. The number of halogens is 1. The molecule has 7 nitrogen and oxygen atoms in total. The molecule has 2 aliphatic heterocycles. The fourth-order valence-electron chi connectivity index (χ4n) is 2.90. The summed E-state index contributed by atoms with van der Waals surface area (Å²) in [6.45, 7) is 1.53. The Morgan fingerprint density at radius 3 is 2.76 bits per heavy atom. The molecule has 0 amide bonds. The van der Waals surface area contributed by atoms with Gasteiger partial charge in [-0.05, 0) is 31.9 Å². The molecule has 0 bridgehead atoms. The summed E-state index contributed by atoms with van der Waals surface area (Å²) in [7, 11) is -3.92. The van der Waals surface area contributed by atoms with E-state index in [1.165, 1.54) is 19.1 Å². The smallest absolute Gasteiger partial charge is 0.340 e. The zero-order chi connectivity index (χ0) is 18.2. The number of ether oxygens (including phenoxy) is 1. The van der Waals surface area contributed by atoms with E-state index in [1.54, 1.807) is 0 Å². The third-order valence-electron chi connectivity index (χ3n) is 4.06. The normalized spacial score (nSPS) is 18.5. The lowest BCUT2D eigenvalue weighted by Gasteiger charge is -2.30. The van der Waals surface area contributed by atoms with Crippen molar-refractivity contribution >= 4 is 44.9 Å². The van der Waals surface area contributed by atoms with Gasteiger partial charge in [0, 0.05) is 13.0 Å².